The van der Waals surface area contributed by atoms with Gasteiger partial charge in [0.1, 0.15) is 0 Å². The van der Waals surface area contributed by atoms with Crippen LogP contribution in [-0.2, 0) is 0 Å². The van der Waals surface area contributed by atoms with Gasteiger partial charge in [-0.05, 0) is 0 Å². The van der Waals surface area contributed by atoms with Crippen LogP contribution in [-0.4, -0.2) is 23.8 Å². The predicted molar refractivity (Wildman–Crippen MR) is 31.2 cm³/mol. The zero-order valence-corrected chi connectivity index (χ0v) is 4.59. The number of nitrogens with one attached hydrogen (secondary N) is 1. The van der Waals surface area contributed by atoms with Crippen molar-refractivity contribution in [1.29, 1.82) is 0 Å². The van der Waals surface area contributed by atoms with E-state index in [0.717, 1.165) is 0 Å². The molecule has 1 rings (SSSR count). The normalized spacial score (nSPS) is 37.0. The molecule has 0 bridgehead atoms. The van der Waals surface area contributed by atoms with Gasteiger partial charge in [0.2, 0.25) is 0 Å². The van der Waals surface area contributed by atoms with Crippen molar-refractivity contribution in [2.24, 2.45) is 0 Å². The summed E-state index contributed by atoms with van der Waals surface area (Å²) < 4.78 is 0. The molecule has 0 aromatic rings. The number of hydrogen-bond donors (Lipinski definition) is 2. The molecule has 8 heavy (non-hydrogen) atoms. The van der Waals surface area contributed by atoms with Crippen molar-refractivity contribution in [1.82, 2.24) is 5.32 Å². The van der Waals surface area contributed by atoms with Crippen LogP contribution in [0.5, 0.6) is 0 Å². The summed E-state index contributed by atoms with van der Waals surface area (Å²) in [5.74, 6) is 2.52. The van der Waals surface area contributed by atoms with Crippen molar-refractivity contribution in [3.05, 3.63) is 0 Å². The summed E-state index contributed by atoms with van der Waals surface area (Å²) >= 11 is 0. The van der Waals surface area contributed by atoms with E-state index in [1.54, 1.807) is 0 Å². The van der Waals surface area contributed by atoms with Crippen LogP contribution in [0.2, 0.25) is 0 Å². The fraction of sp³-hybridized carbons (Fsp3) is 0.667. The molecule has 1 fully saturated rings. The van der Waals surface area contributed by atoms with Gasteiger partial charge in [-0.25, -0.2) is 0 Å². The third-order valence-corrected chi connectivity index (χ3v) is 1.31. The predicted octanol–water partition coefficient (Wildman–Crippen LogP) is -0.658. The lowest BCUT2D eigenvalue weighted by Gasteiger charge is -1.95. The molecule has 0 aromatic carbocycles. The lowest BCUT2D eigenvalue weighted by atomic mass is 10.2. The quantitative estimate of drug-likeness (QED) is 0.407. The van der Waals surface area contributed by atoms with E-state index in [1.807, 2.05) is 0 Å². The van der Waals surface area contributed by atoms with E-state index in [-0.39, 0.29) is 12.1 Å². The fourth-order valence-electron chi connectivity index (χ4n) is 0.844. The summed E-state index contributed by atoms with van der Waals surface area (Å²) in [6.07, 6.45) is 5.55. The van der Waals surface area contributed by atoms with Crippen molar-refractivity contribution < 1.29 is 5.11 Å². The van der Waals surface area contributed by atoms with E-state index in [0.29, 0.717) is 13.0 Å². The van der Waals surface area contributed by atoms with Gasteiger partial charge in [0.05, 0.1) is 12.1 Å². The summed E-state index contributed by atoms with van der Waals surface area (Å²) in [6, 6.07) is 0.102. The molecular weight excluding hydrogens is 102 g/mol. The molecule has 0 radical (unpaired) electrons. The molecule has 1 saturated heterocycles. The molecule has 2 atom stereocenters. The number of rotatable bonds is 0. The third kappa shape index (κ3) is 1.00. The Labute approximate surface area is 48.9 Å². The van der Waals surface area contributed by atoms with Gasteiger partial charge in [-0.2, -0.15) is 0 Å². The molecular formula is C6H9NO. The fourth-order valence-corrected chi connectivity index (χ4v) is 0.844. The molecule has 0 saturated carbocycles. The molecule has 2 heteroatoms. The second kappa shape index (κ2) is 2.17. The number of aliphatic hydroxyl groups is 1. The Hall–Kier alpha value is -0.520. The summed E-state index contributed by atoms with van der Waals surface area (Å²) in [6.45, 7) is 0.648. The van der Waals surface area contributed by atoms with Gasteiger partial charge in [0, 0.05) is 13.0 Å². The second-order valence-electron chi connectivity index (χ2n) is 2.02. The molecule has 1 aliphatic heterocycles. The van der Waals surface area contributed by atoms with Crippen LogP contribution in [0.3, 0.4) is 0 Å². The van der Waals surface area contributed by atoms with Gasteiger partial charge in [0.25, 0.3) is 0 Å². The maximum Gasteiger partial charge on any atom is 0.0713 e. The van der Waals surface area contributed by atoms with E-state index in [4.69, 9.17) is 11.5 Å². The van der Waals surface area contributed by atoms with Crippen molar-refractivity contribution in [3.8, 4) is 12.3 Å². The first-order valence-corrected chi connectivity index (χ1v) is 2.70. The van der Waals surface area contributed by atoms with Crippen LogP contribution < -0.4 is 5.32 Å². The highest BCUT2D eigenvalue weighted by Crippen LogP contribution is 2.03. The summed E-state index contributed by atoms with van der Waals surface area (Å²) in [7, 11) is 0. The summed E-state index contributed by atoms with van der Waals surface area (Å²) in [5, 5.41) is 11.8. The maximum atomic E-state index is 8.87. The van der Waals surface area contributed by atoms with E-state index < -0.39 is 0 Å². The van der Waals surface area contributed by atoms with Gasteiger partial charge in [0.15, 0.2) is 0 Å². The Bertz CT molecular complexity index is 116. The maximum absolute atomic E-state index is 8.87. The minimum absolute atomic E-state index is 0.102. The number of β-amino-alcohol motifs (C(OH)–C–C–N with tert-alkyl or cyclic N) is 1. The van der Waals surface area contributed by atoms with E-state index >= 15 is 0 Å². The van der Waals surface area contributed by atoms with Gasteiger partial charge < -0.3 is 10.4 Å². The third-order valence-electron chi connectivity index (χ3n) is 1.31. The van der Waals surface area contributed by atoms with E-state index in [9.17, 15) is 0 Å². The van der Waals surface area contributed by atoms with Crippen LogP contribution in [0.4, 0.5) is 0 Å². The molecule has 44 valence electrons. The van der Waals surface area contributed by atoms with Crippen molar-refractivity contribution in [2.45, 2.75) is 18.6 Å². The Morgan fingerprint density at radius 3 is 2.75 bits per heavy atom. The molecule has 2 N–H and O–H groups in total. The molecule has 0 amide bonds. The highest BCUT2D eigenvalue weighted by molar-refractivity contribution is 5.03. The average Bonchev–Trinajstić information content (AvgIpc) is 2.14. The van der Waals surface area contributed by atoms with Crippen LogP contribution in [0, 0.1) is 12.3 Å². The molecule has 0 aliphatic carbocycles. The average molecular weight is 111 g/mol. The Morgan fingerprint density at radius 1 is 1.75 bits per heavy atom. The van der Waals surface area contributed by atoms with E-state index in [1.165, 1.54) is 0 Å². The zero-order chi connectivity index (χ0) is 5.98. The lowest BCUT2D eigenvalue weighted by molar-refractivity contribution is 0.195. The molecule has 1 aliphatic rings. The number of aliphatic hydroxyl groups excluding tert-OH is 1. The van der Waals surface area contributed by atoms with Crippen molar-refractivity contribution >= 4 is 0 Å². The zero-order valence-electron chi connectivity index (χ0n) is 4.59. The van der Waals surface area contributed by atoms with Gasteiger partial charge >= 0.3 is 0 Å². The molecule has 0 unspecified atom stereocenters. The smallest absolute Gasteiger partial charge is 0.0713 e. The number of terminal acetylenes is 1. The van der Waals surface area contributed by atoms with Crippen molar-refractivity contribution in [2.75, 3.05) is 6.54 Å². The summed E-state index contributed by atoms with van der Waals surface area (Å²) in [4.78, 5) is 0. The van der Waals surface area contributed by atoms with Gasteiger partial charge in [-0.3, -0.25) is 0 Å². The van der Waals surface area contributed by atoms with Crippen LogP contribution in [0.15, 0.2) is 0 Å². The van der Waals surface area contributed by atoms with E-state index in [2.05, 4.69) is 11.2 Å². The van der Waals surface area contributed by atoms with Crippen LogP contribution in [0.1, 0.15) is 6.42 Å². The molecule has 0 aromatic heterocycles. The largest absolute Gasteiger partial charge is 0.392 e. The number of hydrogen-bond acceptors (Lipinski definition) is 2. The highest BCUT2D eigenvalue weighted by Gasteiger charge is 2.18. The van der Waals surface area contributed by atoms with Gasteiger partial charge in [-0.1, -0.05) is 5.92 Å². The molecule has 0 spiro atoms. The van der Waals surface area contributed by atoms with Crippen molar-refractivity contribution in [3.63, 3.8) is 0 Å². The first kappa shape index (κ1) is 5.61. The standard InChI is InChI=1S/C6H9NO/c1-2-5-3-6(8)4-7-5/h1,5-8H,3-4H2/t5-,6-/m1/s1. The van der Waals surface area contributed by atoms with Gasteiger partial charge in [-0.15, -0.1) is 6.42 Å². The Balaban J connectivity index is 2.35. The van der Waals surface area contributed by atoms with Crippen LogP contribution in [0.25, 0.3) is 0 Å². The monoisotopic (exact) mass is 111 g/mol. The van der Waals surface area contributed by atoms with Crippen LogP contribution >= 0.6 is 0 Å². The second-order valence-corrected chi connectivity index (χ2v) is 2.02. The SMILES string of the molecule is C#C[C@@H]1C[C@@H](O)CN1. The Kier molecular flexibility index (Phi) is 1.52. The highest BCUT2D eigenvalue weighted by atomic mass is 16.3. The lowest BCUT2D eigenvalue weighted by Crippen LogP contribution is -2.19. The molecule has 2 nitrogen and oxygen atoms in total. The Morgan fingerprint density at radius 2 is 2.50 bits per heavy atom. The topological polar surface area (TPSA) is 32.3 Å². The first-order chi connectivity index (χ1) is 3.83. The molecule has 1 heterocycles. The minimum atomic E-state index is -0.226. The first-order valence-electron chi connectivity index (χ1n) is 2.70. The minimum Gasteiger partial charge on any atom is -0.392 e. The summed E-state index contributed by atoms with van der Waals surface area (Å²) in [5.41, 5.74) is 0.